The molecular weight excluding hydrogens is 144 g/mol. The van der Waals surface area contributed by atoms with E-state index in [2.05, 4.69) is 5.32 Å². The van der Waals surface area contributed by atoms with E-state index in [0.29, 0.717) is 0 Å². The summed E-state index contributed by atoms with van der Waals surface area (Å²) >= 11 is 0. The lowest BCUT2D eigenvalue weighted by molar-refractivity contribution is -0.132. The molecule has 0 saturated carbocycles. The third-order valence-electron chi connectivity index (χ3n) is 1.21. The lowest BCUT2D eigenvalue weighted by Crippen LogP contribution is -2.36. The molecule has 0 fully saturated rings. The van der Waals surface area contributed by atoms with Gasteiger partial charge >= 0.3 is 0 Å². The van der Waals surface area contributed by atoms with Gasteiger partial charge in [-0.2, -0.15) is 0 Å². The summed E-state index contributed by atoms with van der Waals surface area (Å²) in [5, 5.41) is 2.72. The quantitative estimate of drug-likeness (QED) is 0.586. The Kier molecular flexibility index (Phi) is 4.45. The van der Waals surface area contributed by atoms with E-state index in [0.717, 1.165) is 0 Å². The van der Waals surface area contributed by atoms with Crippen molar-refractivity contribution < 1.29 is 9.59 Å². The summed E-state index contributed by atoms with van der Waals surface area (Å²) in [5.74, 6) is -0.0698. The zero-order chi connectivity index (χ0) is 8.85. The number of nitrogens with one attached hydrogen (secondary N) is 1. The van der Waals surface area contributed by atoms with Gasteiger partial charge in [0.25, 0.3) is 0 Å². The molecule has 0 saturated heterocycles. The van der Waals surface area contributed by atoms with Gasteiger partial charge in [0, 0.05) is 7.05 Å². The zero-order valence-corrected chi connectivity index (χ0v) is 7.18. The Labute approximate surface area is 66.6 Å². The van der Waals surface area contributed by atoms with Crippen molar-refractivity contribution in [2.75, 3.05) is 27.2 Å². The van der Waals surface area contributed by atoms with Crippen LogP contribution in [0, 0.1) is 0 Å². The van der Waals surface area contributed by atoms with Gasteiger partial charge in [0.05, 0.1) is 13.1 Å². The van der Waals surface area contributed by atoms with Gasteiger partial charge in [0.15, 0.2) is 0 Å². The molecule has 0 rings (SSSR count). The Bertz CT molecular complexity index is 157. The molecule has 0 radical (unpaired) electrons. The van der Waals surface area contributed by atoms with Crippen LogP contribution in [0.2, 0.25) is 0 Å². The lowest BCUT2D eigenvalue weighted by atomic mass is 10.4. The van der Waals surface area contributed by atoms with Crippen LogP contribution in [0.1, 0.15) is 6.92 Å². The van der Waals surface area contributed by atoms with Crippen LogP contribution in [-0.4, -0.2) is 43.8 Å². The van der Waals surface area contributed by atoms with E-state index in [4.69, 9.17) is 0 Å². The molecule has 0 unspecified atom stereocenters. The monoisotopic (exact) mass is 158 g/mol. The molecule has 0 aromatic heterocycles. The Morgan fingerprint density at radius 2 is 2.00 bits per heavy atom. The molecule has 0 atom stereocenters. The highest BCUT2D eigenvalue weighted by atomic mass is 16.2. The number of carbonyl (C=O) groups is 2. The van der Waals surface area contributed by atoms with Crippen LogP contribution in [0.25, 0.3) is 0 Å². The minimum absolute atomic E-state index is 0.00282. The third-order valence-corrected chi connectivity index (χ3v) is 1.21. The minimum atomic E-state index is -0.0669. The standard InChI is InChI=1S/C7H14N2O2/c1-6(10)5-9(3)7(11)4-8-2/h8H,4-5H2,1-3H3. The average Bonchev–Trinajstić information content (AvgIpc) is 1.86. The minimum Gasteiger partial charge on any atom is -0.337 e. The molecule has 0 aromatic rings. The normalized spacial score (nSPS) is 9.36. The number of carbonyl (C=O) groups excluding carboxylic acids is 2. The van der Waals surface area contributed by atoms with Gasteiger partial charge in [-0.25, -0.2) is 0 Å². The fraction of sp³-hybridized carbons (Fsp3) is 0.714. The first-order chi connectivity index (χ1) is 5.07. The number of hydrogen-bond acceptors (Lipinski definition) is 3. The van der Waals surface area contributed by atoms with Crippen LogP contribution >= 0.6 is 0 Å². The van der Waals surface area contributed by atoms with Crippen LogP contribution in [0.4, 0.5) is 0 Å². The van der Waals surface area contributed by atoms with Crippen molar-refractivity contribution >= 4 is 11.7 Å². The predicted octanol–water partition coefficient (Wildman–Crippen LogP) is -0.747. The van der Waals surface area contributed by atoms with E-state index < -0.39 is 0 Å². The maximum atomic E-state index is 11.0. The summed E-state index contributed by atoms with van der Waals surface area (Å²) in [7, 11) is 3.31. The second-order valence-corrected chi connectivity index (χ2v) is 2.48. The summed E-state index contributed by atoms with van der Waals surface area (Å²) < 4.78 is 0. The van der Waals surface area contributed by atoms with E-state index in [1.165, 1.54) is 11.8 Å². The predicted molar refractivity (Wildman–Crippen MR) is 42.2 cm³/mol. The van der Waals surface area contributed by atoms with Crippen molar-refractivity contribution in [2.24, 2.45) is 0 Å². The molecule has 0 bridgehead atoms. The van der Waals surface area contributed by atoms with E-state index in [1.807, 2.05) is 0 Å². The number of rotatable bonds is 4. The van der Waals surface area contributed by atoms with Gasteiger partial charge in [-0.3, -0.25) is 9.59 Å². The molecule has 0 aliphatic rings. The first-order valence-electron chi connectivity index (χ1n) is 3.46. The Morgan fingerprint density at radius 1 is 1.45 bits per heavy atom. The van der Waals surface area contributed by atoms with Gasteiger partial charge in [0.1, 0.15) is 5.78 Å². The van der Waals surface area contributed by atoms with Crippen LogP contribution in [0.3, 0.4) is 0 Å². The van der Waals surface area contributed by atoms with E-state index in [9.17, 15) is 9.59 Å². The molecular formula is C7H14N2O2. The van der Waals surface area contributed by atoms with Crippen LogP contribution < -0.4 is 5.32 Å². The summed E-state index contributed by atoms with van der Waals surface area (Å²) in [6, 6.07) is 0. The molecule has 11 heavy (non-hydrogen) atoms. The molecule has 4 heteroatoms. The average molecular weight is 158 g/mol. The summed E-state index contributed by atoms with van der Waals surface area (Å²) in [4.78, 5) is 22.9. The van der Waals surface area contributed by atoms with Crippen molar-refractivity contribution in [3.63, 3.8) is 0 Å². The highest BCUT2D eigenvalue weighted by Crippen LogP contribution is 1.83. The van der Waals surface area contributed by atoms with Crippen LogP contribution in [0.15, 0.2) is 0 Å². The maximum absolute atomic E-state index is 11.0. The first-order valence-corrected chi connectivity index (χ1v) is 3.46. The zero-order valence-electron chi connectivity index (χ0n) is 7.18. The second-order valence-electron chi connectivity index (χ2n) is 2.48. The Balaban J connectivity index is 3.73. The number of likely N-dealkylation sites (N-methyl/N-ethyl adjacent to an activating group) is 2. The fourth-order valence-electron chi connectivity index (χ4n) is 0.708. The highest BCUT2D eigenvalue weighted by Gasteiger charge is 2.07. The van der Waals surface area contributed by atoms with Crippen molar-refractivity contribution in [3.05, 3.63) is 0 Å². The number of nitrogens with zero attached hydrogens (tertiary/aromatic N) is 1. The summed E-state index contributed by atoms with van der Waals surface area (Å²) in [5.41, 5.74) is 0. The lowest BCUT2D eigenvalue weighted by Gasteiger charge is -2.14. The van der Waals surface area contributed by atoms with Crippen molar-refractivity contribution in [3.8, 4) is 0 Å². The van der Waals surface area contributed by atoms with Crippen LogP contribution in [0.5, 0.6) is 0 Å². The maximum Gasteiger partial charge on any atom is 0.236 e. The molecule has 0 spiro atoms. The van der Waals surface area contributed by atoms with Crippen molar-refractivity contribution in [1.82, 2.24) is 10.2 Å². The van der Waals surface area contributed by atoms with Crippen molar-refractivity contribution in [1.29, 1.82) is 0 Å². The molecule has 0 aliphatic carbocycles. The number of amides is 1. The molecule has 0 aliphatic heterocycles. The molecule has 4 nitrogen and oxygen atoms in total. The second kappa shape index (κ2) is 4.85. The Morgan fingerprint density at radius 3 is 2.36 bits per heavy atom. The fourth-order valence-corrected chi connectivity index (χ4v) is 0.708. The molecule has 0 heterocycles. The third kappa shape index (κ3) is 4.50. The van der Waals surface area contributed by atoms with Crippen molar-refractivity contribution in [2.45, 2.75) is 6.92 Å². The number of hydrogen-bond donors (Lipinski definition) is 1. The van der Waals surface area contributed by atoms with Crippen LogP contribution in [-0.2, 0) is 9.59 Å². The Hall–Kier alpha value is -0.900. The van der Waals surface area contributed by atoms with Gasteiger partial charge in [-0.1, -0.05) is 0 Å². The van der Waals surface area contributed by atoms with Gasteiger partial charge in [-0.15, -0.1) is 0 Å². The SMILES string of the molecule is CNCC(=O)N(C)CC(C)=O. The van der Waals surface area contributed by atoms with E-state index >= 15 is 0 Å². The largest absolute Gasteiger partial charge is 0.337 e. The van der Waals surface area contributed by atoms with Gasteiger partial charge < -0.3 is 10.2 Å². The topological polar surface area (TPSA) is 49.4 Å². The smallest absolute Gasteiger partial charge is 0.236 e. The molecule has 1 N–H and O–H groups in total. The van der Waals surface area contributed by atoms with Gasteiger partial charge in [0.2, 0.25) is 5.91 Å². The molecule has 64 valence electrons. The van der Waals surface area contributed by atoms with E-state index in [-0.39, 0.29) is 24.8 Å². The van der Waals surface area contributed by atoms with E-state index in [1.54, 1.807) is 14.1 Å². The summed E-state index contributed by atoms with van der Waals surface area (Å²) in [6.07, 6.45) is 0. The molecule has 1 amide bonds. The molecule has 0 aromatic carbocycles. The van der Waals surface area contributed by atoms with Gasteiger partial charge in [-0.05, 0) is 14.0 Å². The highest BCUT2D eigenvalue weighted by molar-refractivity contribution is 5.85. The number of Topliss-reactive ketones (excluding diaryl/α,β-unsaturated/α-hetero) is 1. The summed E-state index contributed by atoms with van der Waals surface area (Å²) in [6.45, 7) is 1.94. The number of ketones is 1. The first kappa shape index (κ1) is 10.1.